The number of rotatable bonds is 2. The summed E-state index contributed by atoms with van der Waals surface area (Å²) in [6, 6.07) is 0. The second-order valence-electron chi connectivity index (χ2n) is 18.4. The lowest BCUT2D eigenvalue weighted by Crippen LogP contribution is -2.62. The largest absolute Gasteiger partial charge is 0.396 e. The van der Waals surface area contributed by atoms with Crippen molar-refractivity contribution in [2.24, 2.45) is 11.8 Å². The molecule has 11 saturated heterocycles. The Kier molecular flexibility index (Phi) is 10.1. The van der Waals surface area contributed by atoms with Gasteiger partial charge in [-0.1, -0.05) is 27.0 Å². The highest BCUT2D eigenvalue weighted by atomic mass is 16.8. The summed E-state index contributed by atoms with van der Waals surface area (Å²) in [6.45, 7) is 13.9. The van der Waals surface area contributed by atoms with Crippen LogP contribution in [-0.2, 0) is 47.4 Å². The number of hydrogen-bond donors (Lipinski definition) is 2. The molecule has 0 unspecified atom stereocenters. The molecule has 0 radical (unpaired) electrons. The smallest absolute Gasteiger partial charge is 0.172 e. The number of aliphatic hydroxyl groups is 2. The van der Waals surface area contributed by atoms with Gasteiger partial charge in [0.1, 0.15) is 30.5 Å². The van der Waals surface area contributed by atoms with Crippen LogP contribution in [0.25, 0.3) is 0 Å². The van der Waals surface area contributed by atoms with Gasteiger partial charge in [0.15, 0.2) is 5.79 Å². The van der Waals surface area contributed by atoms with E-state index in [-0.39, 0.29) is 110 Å². The maximum atomic E-state index is 11.0. The maximum Gasteiger partial charge on any atom is 0.172 e. The zero-order chi connectivity index (χ0) is 36.9. The molecule has 1 spiro atoms. The molecule has 11 heterocycles. The zero-order valence-electron chi connectivity index (χ0n) is 32.0. The fourth-order valence-electron chi connectivity index (χ4n) is 12.0. The van der Waals surface area contributed by atoms with Crippen LogP contribution in [0, 0.1) is 11.8 Å². The van der Waals surface area contributed by atoms with Gasteiger partial charge in [-0.25, -0.2) is 0 Å². The van der Waals surface area contributed by atoms with Crippen molar-refractivity contribution in [3.05, 3.63) is 24.3 Å². The molecule has 21 atom stereocenters. The van der Waals surface area contributed by atoms with Crippen molar-refractivity contribution in [1.29, 1.82) is 0 Å². The fraction of sp³-hybridized carbons (Fsp3) is 0.905. The molecule has 12 nitrogen and oxygen atoms in total. The summed E-state index contributed by atoms with van der Waals surface area (Å²) >= 11 is 0. The first-order chi connectivity index (χ1) is 26.1. The van der Waals surface area contributed by atoms with E-state index in [1.165, 1.54) is 0 Å². The Morgan fingerprint density at radius 2 is 1.43 bits per heavy atom. The van der Waals surface area contributed by atoms with E-state index in [4.69, 9.17) is 47.4 Å². The van der Waals surface area contributed by atoms with Gasteiger partial charge in [-0.05, 0) is 74.9 Å². The molecule has 0 aromatic rings. The van der Waals surface area contributed by atoms with Crippen LogP contribution in [0.15, 0.2) is 24.3 Å². The van der Waals surface area contributed by atoms with E-state index in [2.05, 4.69) is 27.0 Å². The van der Waals surface area contributed by atoms with Crippen LogP contribution < -0.4 is 0 Å². The predicted octanol–water partition coefficient (Wildman–Crippen LogP) is 4.06. The lowest BCUT2D eigenvalue weighted by Gasteiger charge is -2.51. The van der Waals surface area contributed by atoms with Gasteiger partial charge in [0.25, 0.3) is 0 Å². The third kappa shape index (κ3) is 6.60. The summed E-state index contributed by atoms with van der Waals surface area (Å²) < 4.78 is 67.9. The van der Waals surface area contributed by atoms with Crippen molar-refractivity contribution in [2.45, 2.75) is 213 Å². The zero-order valence-corrected chi connectivity index (χ0v) is 32.0. The minimum atomic E-state index is -0.734. The second kappa shape index (κ2) is 14.7. The Morgan fingerprint density at radius 1 is 0.648 bits per heavy atom. The van der Waals surface area contributed by atoms with Gasteiger partial charge in [0, 0.05) is 44.8 Å². The van der Waals surface area contributed by atoms with Gasteiger partial charge in [-0.3, -0.25) is 0 Å². The summed E-state index contributed by atoms with van der Waals surface area (Å²) in [5, 5.41) is 20.6. The standard InChI is InChI=1S/C42H62O12/c1-20-15-25-6-7-28-21(2)16-26(46-28)9-12-42-19-34-38(53-42)39-40(52-34)41(54-42)37-30(51-39)8-5-24(48-37)11-14-45-35-23(4)36-32(17-27(44)29(50-36)10-13-43)49-33(35)18-31(47-25)22(20)3/h20,23-41,43-44H,2-3,5-19H2,1,4H3/t20-,23+,24-,25+,26+,27-,28+,29-,30+,31-,32+,33+,34-,35-,36+,37-,38+,39-,40-,41+,42-/m1/s1. The highest BCUT2D eigenvalue weighted by Gasteiger charge is 2.68. The highest BCUT2D eigenvalue weighted by Crippen LogP contribution is 2.54. The molecular formula is C42H62O12. The molecule has 12 heteroatoms. The summed E-state index contributed by atoms with van der Waals surface area (Å²) in [4.78, 5) is 0. The first-order valence-corrected chi connectivity index (χ1v) is 21.4. The van der Waals surface area contributed by atoms with E-state index >= 15 is 0 Å². The normalized spacial score (nSPS) is 55.9. The Hall–Kier alpha value is -1.00. The SMILES string of the molecule is C=C1C[C@@H]2CC[C@]34C[C@H]5O[C@H]6[C@@H](O3)[C@@H]3O[C@@H](CCO[C@@H]7[C@H](C)[C@@H]8O[C@H](CCO)[C@H](O)C[C@@H]8O[C@H]7C[C@H]7O[C@@H](CC[C@@H]1O2)C[C@@H](C)C7=C)CC[C@@H]3O[C@@H]6[C@H]5O4. The van der Waals surface area contributed by atoms with Crippen LogP contribution in [0.3, 0.4) is 0 Å². The Morgan fingerprint density at radius 3 is 2.30 bits per heavy atom. The van der Waals surface area contributed by atoms with Crippen LogP contribution in [-0.4, -0.2) is 139 Å². The third-order valence-corrected chi connectivity index (χ3v) is 14.9. The van der Waals surface area contributed by atoms with Crippen molar-refractivity contribution >= 4 is 0 Å². The molecule has 0 aliphatic carbocycles. The third-order valence-electron chi connectivity index (χ3n) is 14.9. The fourth-order valence-corrected chi connectivity index (χ4v) is 12.0. The number of ether oxygens (including phenoxy) is 10. The van der Waals surface area contributed by atoms with Gasteiger partial charge in [0.05, 0.1) is 79.4 Å². The van der Waals surface area contributed by atoms with Crippen molar-refractivity contribution < 1.29 is 57.6 Å². The molecule has 12 bridgehead atoms. The van der Waals surface area contributed by atoms with E-state index in [1.54, 1.807) is 0 Å². The average Bonchev–Trinajstić information content (AvgIpc) is 3.73. The number of aliphatic hydroxyl groups excluding tert-OH is 2. The number of fused-ring (bicyclic) bond motifs is 7. The highest BCUT2D eigenvalue weighted by molar-refractivity contribution is 5.15. The predicted molar refractivity (Wildman–Crippen MR) is 193 cm³/mol. The molecule has 54 heavy (non-hydrogen) atoms. The Labute approximate surface area is 319 Å². The molecule has 11 aliphatic rings. The quantitative estimate of drug-likeness (QED) is 0.394. The average molecular weight is 759 g/mol. The topological polar surface area (TPSA) is 133 Å². The number of hydrogen-bond acceptors (Lipinski definition) is 12. The minimum Gasteiger partial charge on any atom is -0.396 e. The monoisotopic (exact) mass is 758 g/mol. The molecule has 2 N–H and O–H groups in total. The first-order valence-electron chi connectivity index (χ1n) is 21.4. The van der Waals surface area contributed by atoms with Crippen molar-refractivity contribution in [1.82, 2.24) is 0 Å². The minimum absolute atomic E-state index is 0.00172. The van der Waals surface area contributed by atoms with Crippen molar-refractivity contribution in [3.8, 4) is 0 Å². The molecule has 0 saturated carbocycles. The Balaban J connectivity index is 0.918. The van der Waals surface area contributed by atoms with Gasteiger partial charge in [0.2, 0.25) is 0 Å². The van der Waals surface area contributed by atoms with E-state index in [9.17, 15) is 10.2 Å². The summed E-state index contributed by atoms with van der Waals surface area (Å²) in [5.41, 5.74) is 2.26. The van der Waals surface area contributed by atoms with E-state index < -0.39 is 18.0 Å². The summed E-state index contributed by atoms with van der Waals surface area (Å²) in [7, 11) is 0. The summed E-state index contributed by atoms with van der Waals surface area (Å²) in [6.07, 6.45) is 6.49. The van der Waals surface area contributed by atoms with Crippen molar-refractivity contribution in [2.75, 3.05) is 13.2 Å². The summed E-state index contributed by atoms with van der Waals surface area (Å²) in [5.74, 6) is -0.431. The molecular weight excluding hydrogens is 696 g/mol. The van der Waals surface area contributed by atoms with E-state index in [0.717, 1.165) is 68.9 Å². The van der Waals surface area contributed by atoms with E-state index in [0.29, 0.717) is 38.2 Å². The molecule has 11 fully saturated rings. The van der Waals surface area contributed by atoms with Crippen LogP contribution in [0.5, 0.6) is 0 Å². The lowest BCUT2D eigenvalue weighted by atomic mass is 9.79. The van der Waals surface area contributed by atoms with Crippen LogP contribution >= 0.6 is 0 Å². The Bertz CT molecular complexity index is 1410. The van der Waals surface area contributed by atoms with Gasteiger partial charge >= 0.3 is 0 Å². The van der Waals surface area contributed by atoms with Crippen LogP contribution in [0.4, 0.5) is 0 Å². The van der Waals surface area contributed by atoms with Crippen LogP contribution in [0.1, 0.15) is 97.3 Å². The molecule has 11 rings (SSSR count). The molecule has 302 valence electrons. The van der Waals surface area contributed by atoms with E-state index in [1.807, 2.05) is 0 Å². The van der Waals surface area contributed by atoms with Gasteiger partial charge < -0.3 is 57.6 Å². The molecule has 0 aromatic carbocycles. The first kappa shape index (κ1) is 37.3. The van der Waals surface area contributed by atoms with Crippen LogP contribution in [0.2, 0.25) is 0 Å². The maximum absolute atomic E-state index is 11.0. The second-order valence-corrected chi connectivity index (χ2v) is 18.4. The van der Waals surface area contributed by atoms with Gasteiger partial charge in [-0.2, -0.15) is 0 Å². The van der Waals surface area contributed by atoms with Crippen molar-refractivity contribution in [3.63, 3.8) is 0 Å². The molecule has 11 aliphatic heterocycles. The molecule has 0 aromatic heterocycles. The molecule has 0 amide bonds. The van der Waals surface area contributed by atoms with Gasteiger partial charge in [-0.15, -0.1) is 0 Å². The lowest BCUT2D eigenvalue weighted by molar-refractivity contribution is -0.295.